The first-order valence-electron chi connectivity index (χ1n) is 9.94. The normalized spacial score (nSPS) is 27.6. The van der Waals surface area contributed by atoms with Gasteiger partial charge in [-0.2, -0.15) is 0 Å². The summed E-state index contributed by atoms with van der Waals surface area (Å²) >= 11 is 0. The fourth-order valence-electron chi connectivity index (χ4n) is 4.17. The first kappa shape index (κ1) is 19.7. The molecule has 1 aromatic carbocycles. The van der Waals surface area contributed by atoms with Gasteiger partial charge in [0.2, 0.25) is 0 Å². The van der Waals surface area contributed by atoms with Crippen LogP contribution in [0.4, 0.5) is 4.79 Å². The maximum absolute atomic E-state index is 13.0. The molecule has 0 aromatic heterocycles. The molecule has 0 radical (unpaired) electrons. The SMILES string of the molecule is COC(=O)C1CCC(N(C(=O)OC(C)(C)C)C2CC2c2ccccc2)CC1. The Morgan fingerprint density at radius 2 is 1.67 bits per heavy atom. The van der Waals surface area contributed by atoms with Crippen molar-refractivity contribution in [1.82, 2.24) is 4.90 Å². The van der Waals surface area contributed by atoms with Gasteiger partial charge in [0, 0.05) is 18.0 Å². The second-order valence-electron chi connectivity index (χ2n) is 8.74. The Labute approximate surface area is 162 Å². The van der Waals surface area contributed by atoms with Crippen molar-refractivity contribution in [3.8, 4) is 0 Å². The second-order valence-corrected chi connectivity index (χ2v) is 8.74. The molecule has 0 heterocycles. The third kappa shape index (κ3) is 4.82. The fourth-order valence-corrected chi connectivity index (χ4v) is 4.17. The molecule has 0 spiro atoms. The van der Waals surface area contributed by atoms with Gasteiger partial charge in [0.25, 0.3) is 0 Å². The molecule has 1 aromatic rings. The molecule has 3 rings (SSSR count). The maximum atomic E-state index is 13.0. The number of hydrogen-bond donors (Lipinski definition) is 0. The lowest BCUT2D eigenvalue weighted by molar-refractivity contribution is -0.146. The van der Waals surface area contributed by atoms with Gasteiger partial charge < -0.3 is 14.4 Å². The Kier molecular flexibility index (Phi) is 5.78. The predicted octanol–water partition coefficient (Wildman–Crippen LogP) is 4.51. The van der Waals surface area contributed by atoms with Gasteiger partial charge in [0.1, 0.15) is 5.60 Å². The Hall–Kier alpha value is -2.04. The number of hydrogen-bond acceptors (Lipinski definition) is 4. The minimum atomic E-state index is -0.518. The lowest BCUT2D eigenvalue weighted by Crippen LogP contribution is -2.47. The van der Waals surface area contributed by atoms with Crippen molar-refractivity contribution in [1.29, 1.82) is 0 Å². The number of carbonyl (C=O) groups is 2. The van der Waals surface area contributed by atoms with Gasteiger partial charge in [-0.1, -0.05) is 30.3 Å². The van der Waals surface area contributed by atoms with E-state index in [1.54, 1.807) is 0 Å². The van der Waals surface area contributed by atoms with Crippen LogP contribution in [0.15, 0.2) is 30.3 Å². The highest BCUT2D eigenvalue weighted by Gasteiger charge is 2.49. The maximum Gasteiger partial charge on any atom is 0.410 e. The first-order chi connectivity index (χ1) is 12.8. The summed E-state index contributed by atoms with van der Waals surface area (Å²) in [6, 6.07) is 10.7. The zero-order valence-corrected chi connectivity index (χ0v) is 16.8. The average molecular weight is 373 g/mol. The Morgan fingerprint density at radius 1 is 1.04 bits per heavy atom. The van der Waals surface area contributed by atoms with Crippen molar-refractivity contribution >= 4 is 12.1 Å². The number of methoxy groups -OCH3 is 1. The third-order valence-electron chi connectivity index (χ3n) is 5.57. The number of esters is 1. The van der Waals surface area contributed by atoms with Gasteiger partial charge in [0.05, 0.1) is 13.0 Å². The molecule has 27 heavy (non-hydrogen) atoms. The van der Waals surface area contributed by atoms with E-state index >= 15 is 0 Å². The molecule has 2 aliphatic carbocycles. The van der Waals surface area contributed by atoms with Crippen LogP contribution in [-0.4, -0.2) is 41.8 Å². The molecule has 2 aliphatic rings. The number of carbonyl (C=O) groups excluding carboxylic acids is 2. The third-order valence-corrected chi connectivity index (χ3v) is 5.57. The van der Waals surface area contributed by atoms with Gasteiger partial charge in [-0.3, -0.25) is 4.79 Å². The van der Waals surface area contributed by atoms with Crippen molar-refractivity contribution in [2.45, 2.75) is 76.5 Å². The fraction of sp³-hybridized carbons (Fsp3) is 0.636. The van der Waals surface area contributed by atoms with E-state index in [1.807, 2.05) is 43.9 Å². The minimum absolute atomic E-state index is 0.0455. The molecule has 2 fully saturated rings. The second kappa shape index (κ2) is 7.91. The van der Waals surface area contributed by atoms with Crippen LogP contribution >= 0.6 is 0 Å². The Bertz CT molecular complexity index is 659. The van der Waals surface area contributed by atoms with Crippen LogP contribution in [0.3, 0.4) is 0 Å². The molecule has 1 amide bonds. The molecule has 0 aliphatic heterocycles. The Morgan fingerprint density at radius 3 is 2.22 bits per heavy atom. The first-order valence-corrected chi connectivity index (χ1v) is 9.94. The topological polar surface area (TPSA) is 55.8 Å². The lowest BCUT2D eigenvalue weighted by Gasteiger charge is -2.37. The van der Waals surface area contributed by atoms with E-state index in [0.717, 1.165) is 32.1 Å². The molecule has 2 atom stereocenters. The van der Waals surface area contributed by atoms with Crippen LogP contribution in [0.1, 0.15) is 64.4 Å². The smallest absolute Gasteiger partial charge is 0.410 e. The number of amides is 1. The number of ether oxygens (including phenoxy) is 2. The van der Waals surface area contributed by atoms with E-state index in [4.69, 9.17) is 9.47 Å². The molecule has 2 saturated carbocycles. The molecule has 2 unspecified atom stereocenters. The van der Waals surface area contributed by atoms with Crippen LogP contribution in [0.5, 0.6) is 0 Å². The molecule has 0 N–H and O–H groups in total. The van der Waals surface area contributed by atoms with Crippen molar-refractivity contribution in [2.24, 2.45) is 5.92 Å². The average Bonchev–Trinajstić information content (AvgIpc) is 3.41. The van der Waals surface area contributed by atoms with Crippen molar-refractivity contribution < 1.29 is 19.1 Å². The number of nitrogens with zero attached hydrogens (tertiary/aromatic N) is 1. The van der Waals surface area contributed by atoms with E-state index in [9.17, 15) is 9.59 Å². The molecule has 148 valence electrons. The van der Waals surface area contributed by atoms with E-state index < -0.39 is 5.60 Å². The summed E-state index contributed by atoms with van der Waals surface area (Å²) in [6.07, 6.45) is 3.90. The van der Waals surface area contributed by atoms with Crippen LogP contribution < -0.4 is 0 Å². The standard InChI is InChI=1S/C22H31NO4/c1-22(2,3)27-21(25)23(17-12-10-16(11-13-17)20(24)26-4)19-14-18(19)15-8-6-5-7-9-15/h5-9,16-19H,10-14H2,1-4H3. The van der Waals surface area contributed by atoms with E-state index in [1.165, 1.54) is 12.7 Å². The highest BCUT2D eigenvalue weighted by atomic mass is 16.6. The van der Waals surface area contributed by atoms with Gasteiger partial charge >= 0.3 is 12.1 Å². The van der Waals surface area contributed by atoms with Crippen molar-refractivity contribution in [2.75, 3.05) is 7.11 Å². The van der Waals surface area contributed by atoms with Crippen LogP contribution in [-0.2, 0) is 14.3 Å². The summed E-state index contributed by atoms with van der Waals surface area (Å²) in [4.78, 5) is 26.8. The summed E-state index contributed by atoms with van der Waals surface area (Å²) in [5, 5.41) is 0. The van der Waals surface area contributed by atoms with Gasteiger partial charge in [0.15, 0.2) is 0 Å². The number of rotatable bonds is 4. The monoisotopic (exact) mass is 373 g/mol. The Balaban J connectivity index is 1.72. The summed E-state index contributed by atoms with van der Waals surface area (Å²) < 4.78 is 10.6. The van der Waals surface area contributed by atoms with Crippen molar-refractivity contribution in [3.63, 3.8) is 0 Å². The van der Waals surface area contributed by atoms with Gasteiger partial charge in [-0.25, -0.2) is 4.79 Å². The summed E-state index contributed by atoms with van der Waals surface area (Å²) in [6.45, 7) is 5.70. The quantitative estimate of drug-likeness (QED) is 0.729. The molecule has 0 saturated heterocycles. The molecule has 5 nitrogen and oxygen atoms in total. The van der Waals surface area contributed by atoms with Crippen LogP contribution in [0.25, 0.3) is 0 Å². The summed E-state index contributed by atoms with van der Waals surface area (Å²) in [5.41, 5.74) is 0.759. The van der Waals surface area contributed by atoms with Crippen LogP contribution in [0, 0.1) is 5.92 Å². The molecule has 0 bridgehead atoms. The zero-order valence-electron chi connectivity index (χ0n) is 16.8. The molecular weight excluding hydrogens is 342 g/mol. The largest absolute Gasteiger partial charge is 0.469 e. The van der Waals surface area contributed by atoms with E-state index in [0.29, 0.717) is 5.92 Å². The van der Waals surface area contributed by atoms with E-state index in [-0.39, 0.29) is 30.1 Å². The number of benzene rings is 1. The van der Waals surface area contributed by atoms with Gasteiger partial charge in [-0.05, 0) is 58.4 Å². The zero-order chi connectivity index (χ0) is 19.6. The summed E-state index contributed by atoms with van der Waals surface area (Å²) in [5.74, 6) is 0.193. The minimum Gasteiger partial charge on any atom is -0.469 e. The molecule has 5 heteroatoms. The van der Waals surface area contributed by atoms with Gasteiger partial charge in [-0.15, -0.1) is 0 Å². The van der Waals surface area contributed by atoms with Crippen molar-refractivity contribution in [3.05, 3.63) is 35.9 Å². The van der Waals surface area contributed by atoms with E-state index in [2.05, 4.69) is 12.1 Å². The lowest BCUT2D eigenvalue weighted by atomic mass is 9.85. The highest BCUT2D eigenvalue weighted by Crippen LogP contribution is 2.47. The molecular formula is C22H31NO4. The predicted molar refractivity (Wildman–Crippen MR) is 103 cm³/mol. The highest BCUT2D eigenvalue weighted by molar-refractivity contribution is 5.73. The summed E-state index contributed by atoms with van der Waals surface area (Å²) in [7, 11) is 1.44. The van der Waals surface area contributed by atoms with Crippen LogP contribution in [0.2, 0.25) is 0 Å².